The summed E-state index contributed by atoms with van der Waals surface area (Å²) in [4.78, 5) is 0. The smallest absolute Gasteiger partial charge is 0.108 e. The molecule has 0 atom stereocenters. The Bertz CT molecular complexity index is 415. The lowest BCUT2D eigenvalue weighted by molar-refractivity contribution is 0.198. The molecule has 0 bridgehead atoms. The van der Waals surface area contributed by atoms with Crippen molar-refractivity contribution in [1.29, 1.82) is 0 Å². The molecule has 0 aromatic rings. The lowest BCUT2D eigenvalue weighted by Gasteiger charge is -2.02. The number of allylic oxidation sites excluding steroid dienone is 5. The zero-order valence-corrected chi connectivity index (χ0v) is 15.6. The lowest BCUT2D eigenvalue weighted by atomic mass is 10.1. The van der Waals surface area contributed by atoms with E-state index < -0.39 is 0 Å². The fraction of sp³-hybridized carbons (Fsp3) is 0.579. The Morgan fingerprint density at radius 2 is 1.52 bits per heavy atom. The maximum atomic E-state index is 5.42. The van der Waals surface area contributed by atoms with Gasteiger partial charge >= 0.3 is 0 Å². The maximum absolute atomic E-state index is 5.42. The first-order valence-electron chi connectivity index (χ1n) is 7.60. The molecule has 0 aliphatic heterocycles. The van der Waals surface area contributed by atoms with E-state index in [0.29, 0.717) is 18.5 Å². The summed E-state index contributed by atoms with van der Waals surface area (Å²) in [7, 11) is 0. The molecule has 0 aliphatic carbocycles. The van der Waals surface area contributed by atoms with Gasteiger partial charge in [-0.2, -0.15) is 0 Å². The highest BCUT2D eigenvalue weighted by molar-refractivity contribution is 9.09. The molecule has 0 aromatic heterocycles. The van der Waals surface area contributed by atoms with Crippen LogP contribution in [0.15, 0.2) is 34.9 Å². The van der Waals surface area contributed by atoms with E-state index in [1.807, 2.05) is 0 Å². The minimum absolute atomic E-state index is 0.513. The maximum Gasteiger partial charge on any atom is 0.108 e. The van der Waals surface area contributed by atoms with Crippen LogP contribution in [0.3, 0.4) is 0 Å². The van der Waals surface area contributed by atoms with Gasteiger partial charge in [-0.05, 0) is 53.4 Å². The third-order valence-corrected chi connectivity index (χ3v) is 3.32. The van der Waals surface area contributed by atoms with Gasteiger partial charge in [-0.1, -0.05) is 62.7 Å². The second kappa shape index (κ2) is 14.2. The fourth-order valence-corrected chi connectivity index (χ4v) is 1.95. The fourth-order valence-electron chi connectivity index (χ4n) is 1.75. The molecule has 0 aliphatic rings. The second-order valence-corrected chi connectivity index (χ2v) is 6.02. The van der Waals surface area contributed by atoms with Crippen LogP contribution >= 0.6 is 15.9 Å². The number of halogens is 1. The Kier molecular flexibility index (Phi) is 13.6. The van der Waals surface area contributed by atoms with Crippen molar-refractivity contribution in [1.82, 2.24) is 0 Å². The van der Waals surface area contributed by atoms with Gasteiger partial charge in [0.05, 0.1) is 11.9 Å². The van der Waals surface area contributed by atoms with Gasteiger partial charge in [0, 0.05) is 0 Å². The summed E-state index contributed by atoms with van der Waals surface area (Å²) in [5, 5.41) is 0.713. The second-order valence-electron chi connectivity index (χ2n) is 5.46. The van der Waals surface area contributed by atoms with Crippen molar-refractivity contribution in [2.45, 2.75) is 53.4 Å². The summed E-state index contributed by atoms with van der Waals surface area (Å²) in [5.41, 5.74) is 4.28. The van der Waals surface area contributed by atoms with E-state index in [0.717, 1.165) is 19.3 Å². The summed E-state index contributed by atoms with van der Waals surface area (Å²) in [6.45, 7) is 9.87. The summed E-state index contributed by atoms with van der Waals surface area (Å²) in [6, 6.07) is 0. The predicted octanol–water partition coefficient (Wildman–Crippen LogP) is 5.82. The molecule has 0 aromatic carbocycles. The van der Waals surface area contributed by atoms with Gasteiger partial charge in [-0.15, -0.1) is 0 Å². The van der Waals surface area contributed by atoms with Crippen molar-refractivity contribution in [3.8, 4) is 11.8 Å². The van der Waals surface area contributed by atoms with Crippen LogP contribution in [0.4, 0.5) is 0 Å². The van der Waals surface area contributed by atoms with Crippen LogP contribution < -0.4 is 0 Å². The molecule has 0 fully saturated rings. The van der Waals surface area contributed by atoms with E-state index in [2.05, 4.69) is 73.7 Å². The van der Waals surface area contributed by atoms with Crippen LogP contribution in [0.2, 0.25) is 0 Å². The zero-order valence-electron chi connectivity index (χ0n) is 14.0. The molecule has 0 amide bonds. The molecule has 0 rings (SSSR count). The Morgan fingerprint density at radius 3 is 2.14 bits per heavy atom. The number of rotatable bonds is 9. The zero-order chi connectivity index (χ0) is 15.9. The van der Waals surface area contributed by atoms with Crippen LogP contribution in [0.1, 0.15) is 53.4 Å². The summed E-state index contributed by atoms with van der Waals surface area (Å²) < 4.78 is 5.42. The van der Waals surface area contributed by atoms with Crippen molar-refractivity contribution in [3.05, 3.63) is 34.9 Å². The molecule has 0 unspecified atom stereocenters. The first-order valence-corrected chi connectivity index (χ1v) is 8.72. The van der Waals surface area contributed by atoms with Crippen molar-refractivity contribution in [2.24, 2.45) is 0 Å². The molecular formula is C19H29BrO. The number of alkyl halides is 1. The lowest BCUT2D eigenvalue weighted by Crippen LogP contribution is -1.92. The number of ether oxygens (including phenoxy) is 1. The molecule has 0 spiro atoms. The van der Waals surface area contributed by atoms with Gasteiger partial charge < -0.3 is 4.74 Å². The van der Waals surface area contributed by atoms with Crippen LogP contribution in [0.25, 0.3) is 0 Å². The Balaban J connectivity index is 3.80. The first-order chi connectivity index (χ1) is 10.1. The molecule has 0 heterocycles. The third-order valence-electron chi connectivity index (χ3n) is 3.04. The summed E-state index contributed by atoms with van der Waals surface area (Å²) in [5.74, 6) is 5.85. The molecule has 0 N–H and O–H groups in total. The molecule has 0 saturated carbocycles. The quantitative estimate of drug-likeness (QED) is 0.220. The minimum atomic E-state index is 0.513. The molecule has 0 radical (unpaired) electrons. The summed E-state index contributed by atoms with van der Waals surface area (Å²) >= 11 is 3.25. The SMILES string of the molecule is CC(C)=CCC/C(C)=C/CC/C(C)=C/COCC#CCBr. The van der Waals surface area contributed by atoms with Crippen LogP contribution in [-0.2, 0) is 4.74 Å². The van der Waals surface area contributed by atoms with Crippen LogP contribution in [0, 0.1) is 11.8 Å². The Morgan fingerprint density at radius 1 is 0.905 bits per heavy atom. The van der Waals surface area contributed by atoms with Gasteiger partial charge in [0.1, 0.15) is 6.61 Å². The topological polar surface area (TPSA) is 9.23 Å². The molecular weight excluding hydrogens is 324 g/mol. The van der Waals surface area contributed by atoms with E-state index in [4.69, 9.17) is 4.74 Å². The minimum Gasteiger partial charge on any atom is -0.365 e. The van der Waals surface area contributed by atoms with Crippen molar-refractivity contribution >= 4 is 15.9 Å². The third kappa shape index (κ3) is 15.4. The highest BCUT2D eigenvalue weighted by Crippen LogP contribution is 2.11. The number of hydrogen-bond acceptors (Lipinski definition) is 1. The number of hydrogen-bond donors (Lipinski definition) is 0. The van der Waals surface area contributed by atoms with E-state index in [1.54, 1.807) is 0 Å². The normalized spacial score (nSPS) is 11.9. The average Bonchev–Trinajstić information content (AvgIpc) is 2.42. The van der Waals surface area contributed by atoms with E-state index in [9.17, 15) is 0 Å². The van der Waals surface area contributed by atoms with Gasteiger partial charge in [-0.3, -0.25) is 0 Å². The van der Waals surface area contributed by atoms with Gasteiger partial charge in [-0.25, -0.2) is 0 Å². The van der Waals surface area contributed by atoms with E-state index >= 15 is 0 Å². The largest absolute Gasteiger partial charge is 0.365 e. The van der Waals surface area contributed by atoms with Crippen molar-refractivity contribution in [2.75, 3.05) is 18.5 Å². The molecule has 1 nitrogen and oxygen atoms in total. The molecule has 2 heteroatoms. The van der Waals surface area contributed by atoms with Gasteiger partial charge in [0.2, 0.25) is 0 Å². The van der Waals surface area contributed by atoms with Crippen molar-refractivity contribution in [3.63, 3.8) is 0 Å². The van der Waals surface area contributed by atoms with E-state index in [1.165, 1.54) is 23.1 Å². The standard InChI is InChI=1S/C19H29BrO/c1-17(2)9-7-10-18(3)11-8-12-19(4)13-16-21-15-6-5-14-20/h9,11,13H,7-8,10,12,14-16H2,1-4H3/b18-11+,19-13+. The predicted molar refractivity (Wildman–Crippen MR) is 97.8 cm³/mol. The Labute approximate surface area is 139 Å². The summed E-state index contributed by atoms with van der Waals surface area (Å²) in [6.07, 6.45) is 11.4. The monoisotopic (exact) mass is 352 g/mol. The highest BCUT2D eigenvalue weighted by atomic mass is 79.9. The van der Waals surface area contributed by atoms with Crippen LogP contribution in [0.5, 0.6) is 0 Å². The van der Waals surface area contributed by atoms with Crippen LogP contribution in [-0.4, -0.2) is 18.5 Å². The highest BCUT2D eigenvalue weighted by Gasteiger charge is 1.92. The molecule has 21 heavy (non-hydrogen) atoms. The molecule has 0 saturated heterocycles. The Hall–Kier alpha value is -0.780. The van der Waals surface area contributed by atoms with Gasteiger partial charge in [0.15, 0.2) is 0 Å². The molecule has 118 valence electrons. The van der Waals surface area contributed by atoms with Crippen molar-refractivity contribution < 1.29 is 4.74 Å². The first kappa shape index (κ1) is 20.2. The average molecular weight is 353 g/mol. The van der Waals surface area contributed by atoms with Gasteiger partial charge in [0.25, 0.3) is 0 Å². The van der Waals surface area contributed by atoms with E-state index in [-0.39, 0.29) is 0 Å².